The maximum atomic E-state index is 11.8. The van der Waals surface area contributed by atoms with Gasteiger partial charge in [-0.15, -0.1) is 0 Å². The van der Waals surface area contributed by atoms with Gasteiger partial charge in [-0.3, -0.25) is 4.98 Å². The first-order valence-corrected chi connectivity index (χ1v) is 7.43. The number of ether oxygens (including phenoxy) is 1. The van der Waals surface area contributed by atoms with Gasteiger partial charge in [-0.25, -0.2) is 9.59 Å². The number of carboxylic acid groups (broad SMARTS) is 1. The summed E-state index contributed by atoms with van der Waals surface area (Å²) in [5, 5.41) is 9.05. The maximum Gasteiger partial charge on any atom is 0.407 e. The molecule has 2 fully saturated rings. The number of aromatic nitrogens is 1. The topological polar surface area (TPSA) is 83.0 Å². The molecule has 2 aliphatic heterocycles. The lowest BCUT2D eigenvalue weighted by molar-refractivity contribution is 0.0526. The van der Waals surface area contributed by atoms with Crippen LogP contribution in [-0.4, -0.2) is 59.8 Å². The molecule has 7 heteroatoms. The van der Waals surface area contributed by atoms with E-state index in [4.69, 9.17) is 9.84 Å². The van der Waals surface area contributed by atoms with E-state index < -0.39 is 6.09 Å². The fourth-order valence-electron chi connectivity index (χ4n) is 3.29. The third-order valence-corrected chi connectivity index (χ3v) is 4.36. The smallest absolute Gasteiger partial charge is 0.407 e. The molecule has 3 rings (SSSR count). The Morgan fingerprint density at radius 2 is 1.95 bits per heavy atom. The van der Waals surface area contributed by atoms with E-state index in [2.05, 4.69) is 9.88 Å². The molecule has 2 saturated heterocycles. The van der Waals surface area contributed by atoms with Crippen molar-refractivity contribution < 1.29 is 19.4 Å². The minimum atomic E-state index is -0.841. The molecule has 1 aromatic heterocycles. The number of fused-ring (bicyclic) bond motifs is 1. The molecule has 0 bridgehead atoms. The van der Waals surface area contributed by atoms with E-state index in [9.17, 15) is 9.59 Å². The first-order valence-electron chi connectivity index (χ1n) is 7.43. The molecule has 2 aliphatic rings. The minimum Gasteiger partial charge on any atom is -0.465 e. The van der Waals surface area contributed by atoms with Crippen LogP contribution in [0.25, 0.3) is 0 Å². The second kappa shape index (κ2) is 5.82. The van der Waals surface area contributed by atoms with Gasteiger partial charge >= 0.3 is 12.1 Å². The first kappa shape index (κ1) is 14.6. The second-order valence-corrected chi connectivity index (χ2v) is 5.76. The van der Waals surface area contributed by atoms with E-state index in [-0.39, 0.29) is 5.97 Å². The number of pyridine rings is 1. The minimum absolute atomic E-state index is 0.335. The standard InChI is InChI=1S/C15H19N3O4/c1-2-22-14(19)10-3-13(5-16-4-10)17-6-11-8-18(15(20)21)9-12(11)7-17/h3-5,11-12H,2,6-9H2,1H3,(H,20,21). The Kier molecular flexibility index (Phi) is 3.87. The van der Waals surface area contributed by atoms with Crippen molar-refractivity contribution >= 4 is 17.7 Å². The zero-order valence-electron chi connectivity index (χ0n) is 12.4. The van der Waals surface area contributed by atoms with Crippen LogP contribution < -0.4 is 4.90 Å². The van der Waals surface area contributed by atoms with Crippen LogP contribution in [-0.2, 0) is 4.74 Å². The summed E-state index contributed by atoms with van der Waals surface area (Å²) in [6, 6.07) is 1.79. The molecule has 7 nitrogen and oxygen atoms in total. The molecule has 2 unspecified atom stereocenters. The number of likely N-dealkylation sites (tertiary alicyclic amines) is 1. The summed E-state index contributed by atoms with van der Waals surface area (Å²) in [5.74, 6) is 0.331. The van der Waals surface area contributed by atoms with E-state index in [0.717, 1.165) is 18.8 Å². The van der Waals surface area contributed by atoms with Crippen molar-refractivity contribution in [3.63, 3.8) is 0 Å². The maximum absolute atomic E-state index is 11.8. The summed E-state index contributed by atoms with van der Waals surface area (Å²) in [6.45, 7) is 4.86. The van der Waals surface area contributed by atoms with Crippen LogP contribution in [0.2, 0.25) is 0 Å². The molecule has 2 atom stereocenters. The molecular weight excluding hydrogens is 286 g/mol. The van der Waals surface area contributed by atoms with Crippen molar-refractivity contribution in [1.82, 2.24) is 9.88 Å². The summed E-state index contributed by atoms with van der Waals surface area (Å²) < 4.78 is 4.99. The number of amides is 1. The van der Waals surface area contributed by atoms with Crippen molar-refractivity contribution in [3.05, 3.63) is 24.0 Å². The van der Waals surface area contributed by atoms with E-state index in [0.29, 0.717) is 37.1 Å². The summed E-state index contributed by atoms with van der Waals surface area (Å²) in [7, 11) is 0. The summed E-state index contributed by atoms with van der Waals surface area (Å²) in [6.07, 6.45) is 2.40. The molecule has 0 aromatic carbocycles. The van der Waals surface area contributed by atoms with Gasteiger partial charge in [0, 0.05) is 44.2 Å². The van der Waals surface area contributed by atoms with Gasteiger partial charge in [-0.05, 0) is 13.0 Å². The number of anilines is 1. The average Bonchev–Trinajstić information content (AvgIpc) is 3.06. The van der Waals surface area contributed by atoms with Crippen LogP contribution in [0.3, 0.4) is 0 Å². The van der Waals surface area contributed by atoms with Crippen LogP contribution in [0, 0.1) is 11.8 Å². The zero-order valence-corrected chi connectivity index (χ0v) is 12.4. The van der Waals surface area contributed by atoms with E-state index in [1.54, 1.807) is 19.2 Å². The lowest BCUT2D eigenvalue weighted by atomic mass is 10.0. The first-order chi connectivity index (χ1) is 10.6. The highest BCUT2D eigenvalue weighted by Gasteiger charge is 2.41. The predicted octanol–water partition coefficient (Wildman–Crippen LogP) is 1.30. The lowest BCUT2D eigenvalue weighted by Gasteiger charge is -2.21. The van der Waals surface area contributed by atoms with Crippen LogP contribution in [0.5, 0.6) is 0 Å². The Bertz CT molecular complexity index is 578. The molecule has 1 aromatic rings. The number of nitrogens with zero attached hydrogens (tertiary/aromatic N) is 3. The van der Waals surface area contributed by atoms with Crippen LogP contribution >= 0.6 is 0 Å². The molecular formula is C15H19N3O4. The molecule has 0 aliphatic carbocycles. The molecule has 1 N–H and O–H groups in total. The predicted molar refractivity (Wildman–Crippen MR) is 79.0 cm³/mol. The van der Waals surface area contributed by atoms with Gasteiger partial charge in [-0.1, -0.05) is 0 Å². The second-order valence-electron chi connectivity index (χ2n) is 5.76. The number of rotatable bonds is 3. The SMILES string of the molecule is CCOC(=O)c1cncc(N2CC3CN(C(=O)O)CC3C2)c1. The van der Waals surface area contributed by atoms with Crippen LogP contribution in [0.1, 0.15) is 17.3 Å². The van der Waals surface area contributed by atoms with E-state index >= 15 is 0 Å². The van der Waals surface area contributed by atoms with Crippen molar-refractivity contribution in [2.45, 2.75) is 6.92 Å². The Morgan fingerprint density at radius 3 is 2.55 bits per heavy atom. The van der Waals surface area contributed by atoms with Crippen LogP contribution in [0.4, 0.5) is 10.5 Å². The number of hydrogen-bond donors (Lipinski definition) is 1. The number of esters is 1. The van der Waals surface area contributed by atoms with Crippen molar-refractivity contribution in [2.75, 3.05) is 37.7 Å². The van der Waals surface area contributed by atoms with Gasteiger partial charge in [0.15, 0.2) is 0 Å². The Labute approximate surface area is 128 Å². The zero-order chi connectivity index (χ0) is 15.7. The number of hydrogen-bond acceptors (Lipinski definition) is 5. The Morgan fingerprint density at radius 1 is 1.27 bits per heavy atom. The largest absolute Gasteiger partial charge is 0.465 e. The summed E-state index contributed by atoms with van der Waals surface area (Å²) >= 11 is 0. The monoisotopic (exact) mass is 305 g/mol. The highest BCUT2D eigenvalue weighted by Crippen LogP contribution is 2.33. The summed E-state index contributed by atoms with van der Waals surface area (Å²) in [4.78, 5) is 30.6. The van der Waals surface area contributed by atoms with Crippen molar-refractivity contribution in [1.29, 1.82) is 0 Å². The van der Waals surface area contributed by atoms with Crippen molar-refractivity contribution in [3.8, 4) is 0 Å². The fourth-order valence-corrected chi connectivity index (χ4v) is 3.29. The third kappa shape index (κ3) is 2.70. The van der Waals surface area contributed by atoms with Crippen molar-refractivity contribution in [2.24, 2.45) is 11.8 Å². The molecule has 0 spiro atoms. The van der Waals surface area contributed by atoms with Gasteiger partial charge in [0.05, 0.1) is 24.1 Å². The fraction of sp³-hybridized carbons (Fsp3) is 0.533. The van der Waals surface area contributed by atoms with E-state index in [1.165, 1.54) is 11.1 Å². The van der Waals surface area contributed by atoms with Gasteiger partial charge in [0.2, 0.25) is 0 Å². The third-order valence-electron chi connectivity index (χ3n) is 4.36. The normalized spacial score (nSPS) is 23.5. The highest BCUT2D eigenvalue weighted by atomic mass is 16.5. The number of carbonyl (C=O) groups excluding carboxylic acids is 1. The van der Waals surface area contributed by atoms with Gasteiger partial charge in [0.1, 0.15) is 0 Å². The Balaban J connectivity index is 1.69. The van der Waals surface area contributed by atoms with Crippen LogP contribution in [0.15, 0.2) is 18.5 Å². The average molecular weight is 305 g/mol. The van der Waals surface area contributed by atoms with Gasteiger partial charge in [0.25, 0.3) is 0 Å². The molecule has 22 heavy (non-hydrogen) atoms. The molecule has 0 radical (unpaired) electrons. The molecule has 118 valence electrons. The molecule has 3 heterocycles. The molecule has 1 amide bonds. The van der Waals surface area contributed by atoms with Gasteiger partial charge in [-0.2, -0.15) is 0 Å². The number of carbonyl (C=O) groups is 2. The van der Waals surface area contributed by atoms with E-state index in [1.807, 2.05) is 0 Å². The van der Waals surface area contributed by atoms with Gasteiger partial charge < -0.3 is 19.6 Å². The summed E-state index contributed by atoms with van der Waals surface area (Å²) in [5.41, 5.74) is 1.34. The lowest BCUT2D eigenvalue weighted by Crippen LogP contribution is -2.32. The quantitative estimate of drug-likeness (QED) is 0.848. The highest BCUT2D eigenvalue weighted by molar-refractivity contribution is 5.90. The molecule has 0 saturated carbocycles. The Hall–Kier alpha value is -2.31.